The van der Waals surface area contributed by atoms with Gasteiger partial charge >= 0.3 is 0 Å². The van der Waals surface area contributed by atoms with E-state index in [1.165, 1.54) is 0 Å². The number of rotatable bonds is 6. The highest BCUT2D eigenvalue weighted by molar-refractivity contribution is 9.10. The van der Waals surface area contributed by atoms with Crippen LogP contribution in [-0.2, 0) is 4.79 Å². The van der Waals surface area contributed by atoms with Gasteiger partial charge in [-0.15, -0.1) is 0 Å². The van der Waals surface area contributed by atoms with E-state index in [1.54, 1.807) is 30.3 Å². The minimum absolute atomic E-state index is 0.0382. The average Bonchev–Trinajstić information content (AvgIpc) is 2.66. The number of carbonyl (C=O) groups is 2. The van der Waals surface area contributed by atoms with Gasteiger partial charge in [0.1, 0.15) is 11.5 Å². The van der Waals surface area contributed by atoms with Gasteiger partial charge in [-0.25, -0.2) is 0 Å². The van der Waals surface area contributed by atoms with Crippen molar-refractivity contribution in [1.29, 1.82) is 0 Å². The number of aryl methyl sites for hydroxylation is 1. The van der Waals surface area contributed by atoms with Crippen molar-refractivity contribution in [3.63, 3.8) is 0 Å². The Morgan fingerprint density at radius 3 is 2.43 bits per heavy atom. The summed E-state index contributed by atoms with van der Waals surface area (Å²) in [4.78, 5) is 24.0. The molecular formula is C19H20BrN3O4S. The maximum absolute atomic E-state index is 12.1. The number of nitrogens with one attached hydrogen (secondary N) is 3. The number of hydrogen-bond acceptors (Lipinski definition) is 5. The number of hydrazine groups is 1. The van der Waals surface area contributed by atoms with Gasteiger partial charge in [0.2, 0.25) is 0 Å². The lowest BCUT2D eigenvalue weighted by Gasteiger charge is -2.12. The molecule has 2 rings (SSSR count). The third-order valence-electron chi connectivity index (χ3n) is 3.42. The summed E-state index contributed by atoms with van der Waals surface area (Å²) in [5.74, 6) is 0.360. The fourth-order valence-corrected chi connectivity index (χ4v) is 2.86. The quantitative estimate of drug-likeness (QED) is 0.448. The van der Waals surface area contributed by atoms with Crippen LogP contribution in [0, 0.1) is 6.92 Å². The van der Waals surface area contributed by atoms with Gasteiger partial charge in [0, 0.05) is 5.56 Å². The lowest BCUT2D eigenvalue weighted by atomic mass is 10.2. The highest BCUT2D eigenvalue weighted by atomic mass is 79.9. The molecule has 0 heterocycles. The van der Waals surface area contributed by atoms with Crippen molar-refractivity contribution >= 4 is 45.1 Å². The van der Waals surface area contributed by atoms with Gasteiger partial charge in [-0.05, 0) is 84.0 Å². The number of carbonyl (C=O) groups excluding carboxylic acids is 2. The first-order valence-electron chi connectivity index (χ1n) is 8.41. The van der Waals surface area contributed by atoms with E-state index in [0.29, 0.717) is 23.7 Å². The van der Waals surface area contributed by atoms with Crippen LogP contribution < -0.4 is 25.6 Å². The normalized spacial score (nSPS) is 9.96. The Balaban J connectivity index is 1.75. The molecule has 0 radical (unpaired) electrons. The smallest absolute Gasteiger partial charge is 0.276 e. The van der Waals surface area contributed by atoms with E-state index < -0.39 is 11.8 Å². The minimum atomic E-state index is -0.454. The Hall–Kier alpha value is -2.65. The van der Waals surface area contributed by atoms with Gasteiger partial charge < -0.3 is 9.47 Å². The molecule has 0 atom stereocenters. The SMILES string of the molecule is CCOc1ccc(C(=O)NC(=S)NNC(=O)COc2ccc(C)cc2Br)cc1. The molecule has 0 saturated carbocycles. The van der Waals surface area contributed by atoms with Crippen LogP contribution in [0.1, 0.15) is 22.8 Å². The maximum atomic E-state index is 12.1. The Kier molecular flexibility index (Phi) is 8.21. The molecule has 0 spiro atoms. The van der Waals surface area contributed by atoms with E-state index in [-0.39, 0.29) is 11.7 Å². The van der Waals surface area contributed by atoms with Gasteiger partial charge in [-0.3, -0.25) is 25.8 Å². The van der Waals surface area contributed by atoms with Crippen LogP contribution in [-0.4, -0.2) is 30.1 Å². The Morgan fingerprint density at radius 2 is 1.79 bits per heavy atom. The Morgan fingerprint density at radius 1 is 1.07 bits per heavy atom. The lowest BCUT2D eigenvalue weighted by Crippen LogP contribution is -2.49. The second kappa shape index (κ2) is 10.6. The van der Waals surface area contributed by atoms with Crippen molar-refractivity contribution in [2.75, 3.05) is 13.2 Å². The Labute approximate surface area is 176 Å². The van der Waals surface area contributed by atoms with Crippen molar-refractivity contribution in [2.45, 2.75) is 13.8 Å². The van der Waals surface area contributed by atoms with E-state index >= 15 is 0 Å². The molecule has 2 aromatic rings. The van der Waals surface area contributed by atoms with E-state index in [0.717, 1.165) is 10.0 Å². The summed E-state index contributed by atoms with van der Waals surface area (Å²) >= 11 is 8.37. The summed E-state index contributed by atoms with van der Waals surface area (Å²) in [6.07, 6.45) is 0. The van der Waals surface area contributed by atoms with Crippen molar-refractivity contribution in [1.82, 2.24) is 16.2 Å². The van der Waals surface area contributed by atoms with Crippen LogP contribution in [0.15, 0.2) is 46.9 Å². The predicted molar refractivity (Wildman–Crippen MR) is 113 cm³/mol. The van der Waals surface area contributed by atoms with Crippen LogP contribution in [0.25, 0.3) is 0 Å². The summed E-state index contributed by atoms with van der Waals surface area (Å²) in [6, 6.07) is 12.2. The number of benzene rings is 2. The summed E-state index contributed by atoms with van der Waals surface area (Å²) in [6.45, 7) is 4.16. The molecule has 0 unspecified atom stereocenters. The van der Waals surface area contributed by atoms with Crippen LogP contribution in [0.3, 0.4) is 0 Å². The molecule has 0 fully saturated rings. The van der Waals surface area contributed by atoms with Crippen molar-refractivity contribution in [3.05, 3.63) is 58.1 Å². The molecule has 0 bridgehead atoms. The van der Waals surface area contributed by atoms with Gasteiger partial charge in [0.25, 0.3) is 11.8 Å². The fourth-order valence-electron chi connectivity index (χ4n) is 2.10. The zero-order valence-corrected chi connectivity index (χ0v) is 17.8. The zero-order chi connectivity index (χ0) is 20.5. The molecule has 0 aliphatic heterocycles. The first-order chi connectivity index (χ1) is 13.4. The second-order valence-electron chi connectivity index (χ2n) is 5.64. The monoisotopic (exact) mass is 465 g/mol. The first-order valence-corrected chi connectivity index (χ1v) is 9.61. The highest BCUT2D eigenvalue weighted by Gasteiger charge is 2.10. The molecule has 148 valence electrons. The van der Waals surface area contributed by atoms with Gasteiger partial charge in [0.15, 0.2) is 11.7 Å². The van der Waals surface area contributed by atoms with E-state index in [9.17, 15) is 9.59 Å². The molecule has 0 aliphatic rings. The number of amides is 2. The van der Waals surface area contributed by atoms with Crippen LogP contribution in [0.2, 0.25) is 0 Å². The largest absolute Gasteiger partial charge is 0.494 e. The molecule has 0 aliphatic carbocycles. The standard InChI is InChI=1S/C19H20BrN3O4S/c1-3-26-14-7-5-13(6-8-14)18(25)21-19(28)23-22-17(24)11-27-16-9-4-12(2)10-15(16)20/h4-10H,3,11H2,1-2H3,(H,22,24)(H2,21,23,25,28). The molecule has 0 aromatic heterocycles. The molecule has 2 amide bonds. The fraction of sp³-hybridized carbons (Fsp3) is 0.211. The minimum Gasteiger partial charge on any atom is -0.494 e. The van der Waals surface area contributed by atoms with Crippen LogP contribution in [0.5, 0.6) is 11.5 Å². The maximum Gasteiger partial charge on any atom is 0.276 e. The topological polar surface area (TPSA) is 88.7 Å². The lowest BCUT2D eigenvalue weighted by molar-refractivity contribution is -0.123. The molecule has 28 heavy (non-hydrogen) atoms. The summed E-state index contributed by atoms with van der Waals surface area (Å²) in [5.41, 5.74) is 6.30. The van der Waals surface area contributed by atoms with Crippen molar-refractivity contribution < 1.29 is 19.1 Å². The number of halogens is 1. The third-order valence-corrected chi connectivity index (χ3v) is 4.24. The van der Waals surface area contributed by atoms with Gasteiger partial charge in [-0.1, -0.05) is 6.07 Å². The molecule has 9 heteroatoms. The molecule has 0 saturated heterocycles. The molecule has 7 nitrogen and oxygen atoms in total. The molecular weight excluding hydrogens is 446 g/mol. The summed E-state index contributed by atoms with van der Waals surface area (Å²) in [5, 5.41) is 2.43. The van der Waals surface area contributed by atoms with E-state index in [1.807, 2.05) is 26.0 Å². The number of thiocarbonyl (C=S) groups is 1. The summed E-state index contributed by atoms with van der Waals surface area (Å²) in [7, 11) is 0. The molecule has 2 aromatic carbocycles. The third kappa shape index (κ3) is 6.82. The average molecular weight is 466 g/mol. The Bertz CT molecular complexity index is 859. The van der Waals surface area contributed by atoms with E-state index in [2.05, 4.69) is 32.1 Å². The van der Waals surface area contributed by atoms with Crippen LogP contribution in [0.4, 0.5) is 0 Å². The van der Waals surface area contributed by atoms with E-state index in [4.69, 9.17) is 21.7 Å². The number of hydrogen-bond donors (Lipinski definition) is 3. The van der Waals surface area contributed by atoms with Gasteiger partial charge in [-0.2, -0.15) is 0 Å². The first kappa shape index (κ1) is 21.6. The summed E-state index contributed by atoms with van der Waals surface area (Å²) < 4.78 is 11.5. The highest BCUT2D eigenvalue weighted by Crippen LogP contribution is 2.25. The molecule has 3 N–H and O–H groups in total. The van der Waals surface area contributed by atoms with Crippen molar-refractivity contribution in [3.8, 4) is 11.5 Å². The predicted octanol–water partition coefficient (Wildman–Crippen LogP) is 2.87. The van der Waals surface area contributed by atoms with Crippen molar-refractivity contribution in [2.24, 2.45) is 0 Å². The number of ether oxygens (including phenoxy) is 2. The van der Waals surface area contributed by atoms with Gasteiger partial charge in [0.05, 0.1) is 11.1 Å². The second-order valence-corrected chi connectivity index (χ2v) is 6.90. The zero-order valence-electron chi connectivity index (χ0n) is 15.4. The van der Waals surface area contributed by atoms with Crippen LogP contribution >= 0.6 is 28.1 Å².